The van der Waals surface area contributed by atoms with Gasteiger partial charge in [-0.15, -0.1) is 0 Å². The van der Waals surface area contributed by atoms with Crippen LogP contribution in [0.3, 0.4) is 0 Å². The van der Waals surface area contributed by atoms with Crippen LogP contribution in [0, 0.1) is 11.2 Å². The molecule has 6 heteroatoms. The Hall–Kier alpha value is -1.69. The van der Waals surface area contributed by atoms with Gasteiger partial charge in [-0.25, -0.2) is 17.5 Å². The summed E-state index contributed by atoms with van der Waals surface area (Å²) in [6, 6.07) is 5.63. The van der Waals surface area contributed by atoms with Crippen LogP contribution >= 0.6 is 0 Å². The first-order valence-electron chi connectivity index (χ1n) is 6.97. The monoisotopic (exact) mass is 327 g/mol. The Morgan fingerprint density at radius 2 is 1.77 bits per heavy atom. The third kappa shape index (κ3) is 6.85. The SMILES string of the molecule is C/C(=C/C(=O)NS(=O)(=O)CCC(C)(C)C)c1ccc(F)cc1. The number of carbonyl (C=O) groups is 1. The smallest absolute Gasteiger partial charge is 0.257 e. The molecule has 22 heavy (non-hydrogen) atoms. The number of nitrogens with one attached hydrogen (secondary N) is 1. The third-order valence-corrected chi connectivity index (χ3v) is 4.28. The van der Waals surface area contributed by atoms with E-state index in [4.69, 9.17) is 0 Å². The van der Waals surface area contributed by atoms with Crippen molar-refractivity contribution in [1.29, 1.82) is 0 Å². The molecule has 0 aliphatic rings. The van der Waals surface area contributed by atoms with Crippen molar-refractivity contribution in [1.82, 2.24) is 4.72 Å². The fraction of sp³-hybridized carbons (Fsp3) is 0.438. The van der Waals surface area contributed by atoms with Crippen molar-refractivity contribution in [3.8, 4) is 0 Å². The highest BCUT2D eigenvalue weighted by molar-refractivity contribution is 7.90. The quantitative estimate of drug-likeness (QED) is 0.845. The van der Waals surface area contributed by atoms with Gasteiger partial charge in [0.2, 0.25) is 10.0 Å². The van der Waals surface area contributed by atoms with E-state index in [1.807, 2.05) is 25.5 Å². The summed E-state index contributed by atoms with van der Waals surface area (Å²) >= 11 is 0. The lowest BCUT2D eigenvalue weighted by Gasteiger charge is -2.17. The molecule has 0 radical (unpaired) electrons. The molecule has 0 aliphatic carbocycles. The molecule has 122 valence electrons. The Kier molecular flexibility index (Phi) is 5.88. The van der Waals surface area contributed by atoms with E-state index < -0.39 is 15.9 Å². The van der Waals surface area contributed by atoms with Gasteiger partial charge in [0.05, 0.1) is 5.75 Å². The molecule has 1 aromatic rings. The number of sulfonamides is 1. The van der Waals surface area contributed by atoms with Crippen molar-refractivity contribution >= 4 is 21.5 Å². The number of allylic oxidation sites excluding steroid dienone is 1. The van der Waals surface area contributed by atoms with Gasteiger partial charge in [0, 0.05) is 6.08 Å². The highest BCUT2D eigenvalue weighted by Crippen LogP contribution is 2.19. The number of carbonyl (C=O) groups excluding carboxylic acids is 1. The first-order chi connectivity index (χ1) is 9.98. The minimum atomic E-state index is -3.65. The summed E-state index contributed by atoms with van der Waals surface area (Å²) in [5, 5.41) is 0. The third-order valence-electron chi connectivity index (χ3n) is 3.02. The molecule has 0 atom stereocenters. The zero-order chi connectivity index (χ0) is 17.0. The lowest BCUT2D eigenvalue weighted by Crippen LogP contribution is -2.32. The number of rotatable bonds is 5. The number of hydrogen-bond acceptors (Lipinski definition) is 3. The molecule has 0 bridgehead atoms. The fourth-order valence-electron chi connectivity index (χ4n) is 1.67. The van der Waals surface area contributed by atoms with Gasteiger partial charge < -0.3 is 0 Å². The molecule has 1 amide bonds. The van der Waals surface area contributed by atoms with E-state index in [2.05, 4.69) is 0 Å². The van der Waals surface area contributed by atoms with Gasteiger partial charge in [0.15, 0.2) is 0 Å². The van der Waals surface area contributed by atoms with Gasteiger partial charge in [0.1, 0.15) is 5.82 Å². The number of amides is 1. The predicted molar refractivity (Wildman–Crippen MR) is 86.1 cm³/mol. The van der Waals surface area contributed by atoms with E-state index in [-0.39, 0.29) is 17.0 Å². The van der Waals surface area contributed by atoms with Crippen LogP contribution in [0.15, 0.2) is 30.3 Å². The molecule has 0 fully saturated rings. The maximum atomic E-state index is 12.8. The van der Waals surface area contributed by atoms with Crippen LogP contribution in [-0.2, 0) is 14.8 Å². The highest BCUT2D eigenvalue weighted by atomic mass is 32.2. The largest absolute Gasteiger partial charge is 0.269 e. The number of hydrogen-bond donors (Lipinski definition) is 1. The van der Waals surface area contributed by atoms with Crippen LogP contribution in [0.5, 0.6) is 0 Å². The van der Waals surface area contributed by atoms with E-state index in [9.17, 15) is 17.6 Å². The van der Waals surface area contributed by atoms with Crippen molar-refractivity contribution in [2.24, 2.45) is 5.41 Å². The van der Waals surface area contributed by atoms with Crippen molar-refractivity contribution in [2.75, 3.05) is 5.75 Å². The van der Waals surface area contributed by atoms with E-state index in [1.54, 1.807) is 6.92 Å². The molecule has 4 nitrogen and oxygen atoms in total. The molecule has 0 aromatic heterocycles. The average Bonchev–Trinajstić information content (AvgIpc) is 2.35. The minimum absolute atomic E-state index is 0.105. The summed E-state index contributed by atoms with van der Waals surface area (Å²) in [6.07, 6.45) is 1.65. The topological polar surface area (TPSA) is 63.2 Å². The molecule has 1 N–H and O–H groups in total. The molecular formula is C16H22FNO3S. The number of benzene rings is 1. The maximum absolute atomic E-state index is 12.8. The van der Waals surface area contributed by atoms with Crippen LogP contribution in [-0.4, -0.2) is 20.1 Å². The van der Waals surface area contributed by atoms with Gasteiger partial charge in [0.25, 0.3) is 5.91 Å². The zero-order valence-corrected chi connectivity index (χ0v) is 14.1. The van der Waals surface area contributed by atoms with Gasteiger partial charge >= 0.3 is 0 Å². The average molecular weight is 327 g/mol. The van der Waals surface area contributed by atoms with Crippen LogP contribution in [0.4, 0.5) is 4.39 Å². The molecule has 0 aliphatic heterocycles. The Morgan fingerprint density at radius 3 is 2.27 bits per heavy atom. The second kappa shape index (κ2) is 7.05. The summed E-state index contributed by atoms with van der Waals surface area (Å²) in [6.45, 7) is 7.46. The molecule has 0 heterocycles. The van der Waals surface area contributed by atoms with E-state index in [1.165, 1.54) is 30.3 Å². The summed E-state index contributed by atoms with van der Waals surface area (Å²) in [5.41, 5.74) is 1.09. The summed E-state index contributed by atoms with van der Waals surface area (Å²) in [5.74, 6) is -1.17. The second-order valence-corrected chi connectivity index (χ2v) is 8.27. The Balaban J connectivity index is 2.72. The highest BCUT2D eigenvalue weighted by Gasteiger charge is 2.18. The minimum Gasteiger partial charge on any atom is -0.269 e. The van der Waals surface area contributed by atoms with E-state index in [0.29, 0.717) is 17.6 Å². The van der Waals surface area contributed by atoms with Crippen molar-refractivity contribution in [3.63, 3.8) is 0 Å². The standard InChI is InChI=1S/C16H22FNO3S/c1-12(13-5-7-14(17)8-6-13)11-15(19)18-22(20,21)10-9-16(2,3)4/h5-8,11H,9-10H2,1-4H3,(H,18,19)/b12-11-. The van der Waals surface area contributed by atoms with Crippen LogP contribution in [0.1, 0.15) is 39.7 Å². The summed E-state index contributed by atoms with van der Waals surface area (Å²) < 4.78 is 38.5. The Morgan fingerprint density at radius 1 is 1.23 bits per heavy atom. The second-order valence-electron chi connectivity index (χ2n) is 6.43. The van der Waals surface area contributed by atoms with Gasteiger partial charge in [-0.3, -0.25) is 4.79 Å². The molecule has 0 unspecified atom stereocenters. The molecular weight excluding hydrogens is 305 g/mol. The van der Waals surface area contributed by atoms with Crippen LogP contribution in [0.25, 0.3) is 5.57 Å². The van der Waals surface area contributed by atoms with E-state index in [0.717, 1.165) is 0 Å². The van der Waals surface area contributed by atoms with Crippen LogP contribution in [0.2, 0.25) is 0 Å². The van der Waals surface area contributed by atoms with Crippen molar-refractivity contribution in [3.05, 3.63) is 41.7 Å². The van der Waals surface area contributed by atoms with Gasteiger partial charge in [-0.05, 0) is 42.0 Å². The summed E-state index contributed by atoms with van der Waals surface area (Å²) in [4.78, 5) is 11.8. The molecule has 1 rings (SSSR count). The predicted octanol–water partition coefficient (Wildman–Crippen LogP) is 3.11. The van der Waals surface area contributed by atoms with E-state index >= 15 is 0 Å². The zero-order valence-electron chi connectivity index (χ0n) is 13.3. The molecule has 0 saturated carbocycles. The fourth-order valence-corrected chi connectivity index (χ4v) is 3.02. The maximum Gasteiger partial charge on any atom is 0.257 e. The molecule has 0 spiro atoms. The first kappa shape index (κ1) is 18.4. The lowest BCUT2D eigenvalue weighted by atomic mass is 9.94. The molecule has 0 saturated heterocycles. The normalized spacial score (nSPS) is 13.0. The van der Waals surface area contributed by atoms with Gasteiger partial charge in [-0.2, -0.15) is 0 Å². The van der Waals surface area contributed by atoms with Gasteiger partial charge in [-0.1, -0.05) is 32.9 Å². The van der Waals surface area contributed by atoms with Crippen molar-refractivity contribution in [2.45, 2.75) is 34.1 Å². The number of halogens is 1. The van der Waals surface area contributed by atoms with Crippen LogP contribution < -0.4 is 4.72 Å². The Bertz CT molecular complexity index is 656. The lowest BCUT2D eigenvalue weighted by molar-refractivity contribution is -0.114. The summed E-state index contributed by atoms with van der Waals surface area (Å²) in [7, 11) is -3.65. The first-order valence-corrected chi connectivity index (χ1v) is 8.62. The Labute approximate surface area is 131 Å². The van der Waals surface area contributed by atoms with Crippen molar-refractivity contribution < 1.29 is 17.6 Å². The molecule has 1 aromatic carbocycles.